The van der Waals surface area contributed by atoms with E-state index in [2.05, 4.69) is 15.5 Å². The molecule has 0 radical (unpaired) electrons. The standard InChI is InChI=1S/C23H22ClN5O3S/c1-4-28-22(26-27-23(28)33-12-15-7-5-6-8-18(15)24)25-19(30)14-9-10-16-17(11-14)21(32)29(13(2)3)20(16)31/h5-11,13H,4,12H2,1-3H3,(H,25,26,30). The van der Waals surface area contributed by atoms with Gasteiger partial charge < -0.3 is 0 Å². The number of carbonyl (C=O) groups is 3. The zero-order valence-corrected chi connectivity index (χ0v) is 19.9. The number of amides is 3. The van der Waals surface area contributed by atoms with Gasteiger partial charge in [-0.05, 0) is 50.6 Å². The van der Waals surface area contributed by atoms with Crippen molar-refractivity contribution in [3.63, 3.8) is 0 Å². The summed E-state index contributed by atoms with van der Waals surface area (Å²) in [4.78, 5) is 39.2. The number of thioether (sulfide) groups is 1. The second kappa shape index (κ2) is 9.36. The van der Waals surface area contributed by atoms with Gasteiger partial charge >= 0.3 is 0 Å². The van der Waals surface area contributed by atoms with Gasteiger partial charge in [0.1, 0.15) is 0 Å². The van der Waals surface area contributed by atoms with Crippen LogP contribution in [0.25, 0.3) is 0 Å². The van der Waals surface area contributed by atoms with Gasteiger partial charge in [-0.2, -0.15) is 0 Å². The monoisotopic (exact) mass is 483 g/mol. The summed E-state index contributed by atoms with van der Waals surface area (Å²) in [5.41, 5.74) is 1.78. The van der Waals surface area contributed by atoms with Crippen molar-refractivity contribution < 1.29 is 14.4 Å². The number of rotatable bonds is 7. The molecular weight excluding hydrogens is 462 g/mol. The quantitative estimate of drug-likeness (QED) is 0.392. The summed E-state index contributed by atoms with van der Waals surface area (Å²) in [6.45, 7) is 6.02. The highest BCUT2D eigenvalue weighted by atomic mass is 35.5. The average Bonchev–Trinajstić information content (AvgIpc) is 3.30. The van der Waals surface area contributed by atoms with Crippen molar-refractivity contribution in [2.45, 2.75) is 44.3 Å². The number of carbonyl (C=O) groups excluding carboxylic acids is 3. The van der Waals surface area contributed by atoms with Crippen LogP contribution in [-0.4, -0.2) is 43.4 Å². The molecule has 1 aliphatic heterocycles. The van der Waals surface area contributed by atoms with E-state index < -0.39 is 11.8 Å². The number of nitrogens with zero attached hydrogens (tertiary/aromatic N) is 4. The van der Waals surface area contributed by atoms with E-state index in [4.69, 9.17) is 11.6 Å². The first-order valence-corrected chi connectivity index (χ1v) is 11.8. The first-order chi connectivity index (χ1) is 15.8. The lowest BCUT2D eigenvalue weighted by atomic mass is 10.1. The highest BCUT2D eigenvalue weighted by Crippen LogP contribution is 2.28. The number of anilines is 1. The van der Waals surface area contributed by atoms with Gasteiger partial charge in [0, 0.05) is 28.9 Å². The smallest absolute Gasteiger partial charge is 0.261 e. The van der Waals surface area contributed by atoms with E-state index in [1.165, 1.54) is 34.9 Å². The second-order valence-electron chi connectivity index (χ2n) is 7.72. The summed E-state index contributed by atoms with van der Waals surface area (Å²) in [5, 5.41) is 12.4. The highest BCUT2D eigenvalue weighted by Gasteiger charge is 2.37. The Kier molecular flexibility index (Phi) is 6.53. The molecule has 1 aliphatic rings. The minimum Gasteiger partial charge on any atom is -0.290 e. The largest absolute Gasteiger partial charge is 0.290 e. The second-order valence-corrected chi connectivity index (χ2v) is 9.07. The molecule has 33 heavy (non-hydrogen) atoms. The van der Waals surface area contributed by atoms with Gasteiger partial charge in [-0.1, -0.05) is 41.6 Å². The lowest BCUT2D eigenvalue weighted by molar-refractivity contribution is 0.0609. The summed E-state index contributed by atoms with van der Waals surface area (Å²) in [6.07, 6.45) is 0. The fourth-order valence-electron chi connectivity index (χ4n) is 3.57. The van der Waals surface area contributed by atoms with Crippen LogP contribution in [0.3, 0.4) is 0 Å². The van der Waals surface area contributed by atoms with E-state index in [0.29, 0.717) is 34.0 Å². The van der Waals surface area contributed by atoms with Crippen LogP contribution in [0.2, 0.25) is 5.02 Å². The molecule has 3 aromatic rings. The van der Waals surface area contributed by atoms with Gasteiger partial charge in [-0.25, -0.2) is 0 Å². The first kappa shape index (κ1) is 23.0. The molecule has 0 saturated carbocycles. The lowest BCUT2D eigenvalue weighted by Crippen LogP contribution is -2.35. The predicted octanol–water partition coefficient (Wildman–Crippen LogP) is 4.50. The number of fused-ring (bicyclic) bond motifs is 1. The molecule has 0 atom stereocenters. The molecule has 8 nitrogen and oxygen atoms in total. The molecule has 0 fully saturated rings. The summed E-state index contributed by atoms with van der Waals surface area (Å²) in [7, 11) is 0. The molecule has 1 N–H and O–H groups in total. The van der Waals surface area contributed by atoms with Gasteiger partial charge in [-0.15, -0.1) is 10.2 Å². The maximum Gasteiger partial charge on any atom is 0.261 e. The van der Waals surface area contributed by atoms with Crippen molar-refractivity contribution in [3.05, 3.63) is 69.7 Å². The van der Waals surface area contributed by atoms with Crippen molar-refractivity contribution in [2.24, 2.45) is 0 Å². The maximum absolute atomic E-state index is 12.9. The van der Waals surface area contributed by atoms with Gasteiger partial charge in [0.2, 0.25) is 5.95 Å². The minimum absolute atomic E-state index is 0.231. The number of nitrogens with one attached hydrogen (secondary N) is 1. The van der Waals surface area contributed by atoms with E-state index in [1.807, 2.05) is 31.2 Å². The number of aromatic nitrogens is 3. The third kappa shape index (κ3) is 4.38. The minimum atomic E-state index is -0.439. The van der Waals surface area contributed by atoms with Crippen LogP contribution in [0, 0.1) is 0 Å². The fourth-order valence-corrected chi connectivity index (χ4v) is 4.86. The van der Waals surface area contributed by atoms with Crippen molar-refractivity contribution >= 4 is 47.0 Å². The van der Waals surface area contributed by atoms with Crippen molar-refractivity contribution in [2.75, 3.05) is 5.32 Å². The van der Waals surface area contributed by atoms with Crippen LogP contribution in [0.1, 0.15) is 57.4 Å². The molecule has 10 heteroatoms. The summed E-state index contributed by atoms with van der Waals surface area (Å²) in [6, 6.07) is 11.8. The van der Waals surface area contributed by atoms with Crippen molar-refractivity contribution in [1.29, 1.82) is 0 Å². The first-order valence-electron chi connectivity index (χ1n) is 10.4. The number of benzene rings is 2. The van der Waals surface area contributed by atoms with Gasteiger partial charge in [0.05, 0.1) is 11.1 Å². The molecule has 170 valence electrons. The molecule has 4 rings (SSSR count). The van der Waals surface area contributed by atoms with E-state index in [9.17, 15) is 14.4 Å². The van der Waals surface area contributed by atoms with Gasteiger partial charge in [-0.3, -0.25) is 29.2 Å². The zero-order valence-electron chi connectivity index (χ0n) is 18.3. The zero-order chi connectivity index (χ0) is 23.7. The van der Waals surface area contributed by atoms with Crippen LogP contribution in [0.4, 0.5) is 5.95 Å². The van der Waals surface area contributed by atoms with Crippen LogP contribution in [-0.2, 0) is 12.3 Å². The molecule has 0 unspecified atom stereocenters. The Morgan fingerprint density at radius 1 is 1.09 bits per heavy atom. The van der Waals surface area contributed by atoms with Crippen LogP contribution in [0.15, 0.2) is 47.6 Å². The number of halogens is 1. The number of imide groups is 1. The summed E-state index contributed by atoms with van der Waals surface area (Å²) < 4.78 is 1.79. The molecule has 0 bridgehead atoms. The molecule has 3 amide bonds. The normalized spacial score (nSPS) is 13.1. The average molecular weight is 484 g/mol. The molecule has 0 saturated heterocycles. The molecule has 2 heterocycles. The third-order valence-corrected chi connectivity index (χ3v) is 6.65. The fraction of sp³-hybridized carbons (Fsp3) is 0.261. The van der Waals surface area contributed by atoms with E-state index in [1.54, 1.807) is 18.4 Å². The van der Waals surface area contributed by atoms with Crippen LogP contribution >= 0.6 is 23.4 Å². The Balaban J connectivity index is 1.51. The SMILES string of the molecule is CCn1c(NC(=O)c2ccc3c(c2)C(=O)N(C(C)C)C3=O)nnc1SCc1ccccc1Cl. The van der Waals surface area contributed by atoms with Crippen LogP contribution in [0.5, 0.6) is 0 Å². The number of hydrogen-bond acceptors (Lipinski definition) is 6. The lowest BCUT2D eigenvalue weighted by Gasteiger charge is -2.17. The highest BCUT2D eigenvalue weighted by molar-refractivity contribution is 7.98. The summed E-state index contributed by atoms with van der Waals surface area (Å²) >= 11 is 7.70. The number of hydrogen-bond donors (Lipinski definition) is 1. The molecule has 1 aromatic heterocycles. The van der Waals surface area contributed by atoms with E-state index in [0.717, 1.165) is 5.56 Å². The van der Waals surface area contributed by atoms with E-state index >= 15 is 0 Å². The van der Waals surface area contributed by atoms with Gasteiger partial charge in [0.15, 0.2) is 5.16 Å². The Hall–Kier alpha value is -3.17. The Morgan fingerprint density at radius 3 is 2.52 bits per heavy atom. The maximum atomic E-state index is 12.9. The Labute approximate surface area is 200 Å². The Morgan fingerprint density at radius 2 is 1.82 bits per heavy atom. The third-order valence-electron chi connectivity index (χ3n) is 5.27. The molecular formula is C23H22ClN5O3S. The summed E-state index contributed by atoms with van der Waals surface area (Å²) in [5.74, 6) is -0.266. The molecule has 2 aromatic carbocycles. The van der Waals surface area contributed by atoms with Gasteiger partial charge in [0.25, 0.3) is 17.7 Å². The molecule has 0 spiro atoms. The topological polar surface area (TPSA) is 97.2 Å². The van der Waals surface area contributed by atoms with Crippen molar-refractivity contribution in [3.8, 4) is 0 Å². The van der Waals surface area contributed by atoms with Crippen molar-refractivity contribution in [1.82, 2.24) is 19.7 Å². The predicted molar refractivity (Wildman–Crippen MR) is 127 cm³/mol. The molecule has 0 aliphatic carbocycles. The Bertz CT molecular complexity index is 1260. The van der Waals surface area contributed by atoms with Crippen LogP contribution < -0.4 is 5.32 Å². The van der Waals surface area contributed by atoms with E-state index in [-0.39, 0.29) is 23.1 Å².